The van der Waals surface area contributed by atoms with Crippen molar-refractivity contribution in [3.63, 3.8) is 0 Å². The fraction of sp³-hybridized carbons (Fsp3) is 0.467. The van der Waals surface area contributed by atoms with Gasteiger partial charge in [-0.25, -0.2) is 0 Å². The number of rotatable bonds is 5. The van der Waals surface area contributed by atoms with Crippen LogP contribution in [0.3, 0.4) is 0 Å². The van der Waals surface area contributed by atoms with Gasteiger partial charge in [-0.15, -0.1) is 0 Å². The van der Waals surface area contributed by atoms with E-state index >= 15 is 0 Å². The van der Waals surface area contributed by atoms with Crippen LogP contribution < -0.4 is 10.6 Å². The molecule has 0 saturated carbocycles. The lowest BCUT2D eigenvalue weighted by molar-refractivity contribution is -0.115. The molecule has 5 nitrogen and oxygen atoms in total. The molecule has 114 valence electrons. The van der Waals surface area contributed by atoms with Crippen LogP contribution in [0.4, 0.5) is 5.69 Å². The monoisotopic (exact) mass is 310 g/mol. The largest absolute Gasteiger partial charge is 0.380 e. The van der Waals surface area contributed by atoms with Crippen LogP contribution in [0, 0.1) is 5.41 Å². The first-order chi connectivity index (χ1) is 9.93. The van der Waals surface area contributed by atoms with Gasteiger partial charge in [0.1, 0.15) is 0 Å². The minimum atomic E-state index is -0.230. The van der Waals surface area contributed by atoms with Crippen molar-refractivity contribution in [2.24, 2.45) is 5.41 Å². The van der Waals surface area contributed by atoms with Crippen molar-refractivity contribution in [1.29, 1.82) is 0 Å². The van der Waals surface area contributed by atoms with Gasteiger partial charge in [0.15, 0.2) is 0 Å². The van der Waals surface area contributed by atoms with E-state index in [4.69, 9.17) is 16.3 Å². The van der Waals surface area contributed by atoms with Crippen LogP contribution in [-0.2, 0) is 9.53 Å². The Morgan fingerprint density at radius 2 is 2.10 bits per heavy atom. The Hall–Kier alpha value is -1.59. The Morgan fingerprint density at radius 1 is 1.38 bits per heavy atom. The van der Waals surface area contributed by atoms with E-state index in [9.17, 15) is 9.59 Å². The Labute approximate surface area is 129 Å². The summed E-state index contributed by atoms with van der Waals surface area (Å²) in [5.41, 5.74) is 0.835. The topological polar surface area (TPSA) is 67.4 Å². The zero-order chi connectivity index (χ0) is 15.5. The molecule has 0 spiro atoms. The summed E-state index contributed by atoms with van der Waals surface area (Å²) in [5, 5.41) is 6.05. The lowest BCUT2D eigenvalue weighted by atomic mass is 9.88. The summed E-state index contributed by atoms with van der Waals surface area (Å²) in [6.45, 7) is 5.63. The van der Waals surface area contributed by atoms with Gasteiger partial charge in [-0.2, -0.15) is 0 Å². The predicted molar refractivity (Wildman–Crippen MR) is 81.6 cm³/mol. The maximum atomic E-state index is 12.3. The molecule has 0 aliphatic carbocycles. The molecule has 1 aromatic carbocycles. The van der Waals surface area contributed by atoms with Crippen molar-refractivity contribution in [1.82, 2.24) is 5.32 Å². The number of hydrogen-bond acceptors (Lipinski definition) is 3. The zero-order valence-corrected chi connectivity index (χ0v) is 12.9. The summed E-state index contributed by atoms with van der Waals surface area (Å²) in [6, 6.07) is 4.83. The summed E-state index contributed by atoms with van der Waals surface area (Å²) in [7, 11) is 0. The van der Waals surface area contributed by atoms with E-state index in [1.807, 2.05) is 0 Å². The predicted octanol–water partition coefficient (Wildman–Crippen LogP) is 2.45. The van der Waals surface area contributed by atoms with Crippen molar-refractivity contribution in [2.45, 2.75) is 20.3 Å². The molecule has 21 heavy (non-hydrogen) atoms. The molecule has 0 unspecified atom stereocenters. The normalized spacial score (nSPS) is 16.0. The fourth-order valence-electron chi connectivity index (χ4n) is 2.00. The van der Waals surface area contributed by atoms with Crippen LogP contribution in [0.5, 0.6) is 0 Å². The minimum absolute atomic E-state index is 0.00504. The van der Waals surface area contributed by atoms with E-state index in [1.54, 1.807) is 25.1 Å². The lowest BCUT2D eigenvalue weighted by Gasteiger charge is -2.38. The average Bonchev–Trinajstić information content (AvgIpc) is 2.42. The number of benzene rings is 1. The highest BCUT2D eigenvalue weighted by Crippen LogP contribution is 2.26. The molecule has 0 radical (unpaired) electrons. The smallest absolute Gasteiger partial charge is 0.253 e. The Morgan fingerprint density at radius 3 is 2.67 bits per heavy atom. The van der Waals surface area contributed by atoms with Crippen LogP contribution in [0.2, 0.25) is 5.02 Å². The molecule has 1 fully saturated rings. The van der Waals surface area contributed by atoms with Crippen LogP contribution in [-0.4, -0.2) is 31.6 Å². The number of amides is 2. The average molecular weight is 311 g/mol. The van der Waals surface area contributed by atoms with Gasteiger partial charge >= 0.3 is 0 Å². The van der Waals surface area contributed by atoms with Crippen LogP contribution in [0.25, 0.3) is 0 Å². The molecule has 1 aromatic rings. The molecule has 0 aromatic heterocycles. The van der Waals surface area contributed by atoms with Gasteiger partial charge in [-0.3, -0.25) is 9.59 Å². The second kappa shape index (κ2) is 6.45. The first-order valence-corrected chi connectivity index (χ1v) is 7.27. The van der Waals surface area contributed by atoms with Crippen molar-refractivity contribution < 1.29 is 14.3 Å². The van der Waals surface area contributed by atoms with E-state index < -0.39 is 0 Å². The molecule has 0 bridgehead atoms. The highest BCUT2D eigenvalue weighted by atomic mass is 35.5. The number of anilines is 1. The van der Waals surface area contributed by atoms with Gasteiger partial charge in [0.25, 0.3) is 5.91 Å². The molecule has 2 rings (SSSR count). The summed E-state index contributed by atoms with van der Waals surface area (Å²) in [6.07, 6.45) is 0.336. The quantitative estimate of drug-likeness (QED) is 0.878. The number of hydrogen-bond donors (Lipinski definition) is 2. The summed E-state index contributed by atoms with van der Waals surface area (Å²) < 4.78 is 5.16. The molecule has 6 heteroatoms. The highest BCUT2D eigenvalue weighted by molar-refractivity contribution is 6.31. The third kappa shape index (κ3) is 3.95. The van der Waals surface area contributed by atoms with Crippen molar-refractivity contribution >= 4 is 29.1 Å². The summed E-state index contributed by atoms with van der Waals surface area (Å²) in [5.74, 6) is -0.392. The summed E-state index contributed by atoms with van der Waals surface area (Å²) in [4.78, 5) is 23.8. The van der Waals surface area contributed by atoms with Crippen molar-refractivity contribution in [3.05, 3.63) is 28.8 Å². The molecule has 2 amide bonds. The van der Waals surface area contributed by atoms with Gasteiger partial charge < -0.3 is 15.4 Å². The molecular formula is C15H19ClN2O3. The second-order valence-electron chi connectivity index (χ2n) is 5.58. The Bertz CT molecular complexity index is 556. The first-order valence-electron chi connectivity index (χ1n) is 6.89. The molecule has 1 aliphatic heterocycles. The standard InChI is InChI=1S/C15H19ClN2O3/c1-3-13(19)18-12-6-10(16)4-5-11(12)14(20)17-7-15(2)8-21-9-15/h4-6H,3,7-9H2,1-2H3,(H,17,20)(H,18,19). The second-order valence-corrected chi connectivity index (χ2v) is 6.01. The van der Waals surface area contributed by atoms with Crippen LogP contribution in [0.15, 0.2) is 18.2 Å². The van der Waals surface area contributed by atoms with E-state index in [2.05, 4.69) is 17.6 Å². The van der Waals surface area contributed by atoms with E-state index in [-0.39, 0.29) is 17.2 Å². The fourth-order valence-corrected chi connectivity index (χ4v) is 2.17. The molecule has 2 N–H and O–H groups in total. The third-order valence-corrected chi connectivity index (χ3v) is 3.63. The summed E-state index contributed by atoms with van der Waals surface area (Å²) >= 11 is 5.93. The van der Waals surface area contributed by atoms with Gasteiger partial charge in [0.2, 0.25) is 5.91 Å². The van der Waals surface area contributed by atoms with Gasteiger partial charge in [-0.05, 0) is 18.2 Å². The number of nitrogens with one attached hydrogen (secondary N) is 2. The van der Waals surface area contributed by atoms with E-state index in [1.165, 1.54) is 0 Å². The Kier molecular flexibility index (Phi) is 4.85. The van der Waals surface area contributed by atoms with Gasteiger partial charge in [-0.1, -0.05) is 25.4 Å². The zero-order valence-electron chi connectivity index (χ0n) is 12.2. The number of ether oxygens (including phenoxy) is 1. The first kappa shape index (κ1) is 15.8. The maximum absolute atomic E-state index is 12.3. The van der Waals surface area contributed by atoms with Crippen LogP contribution >= 0.6 is 11.6 Å². The lowest BCUT2D eigenvalue weighted by Crippen LogP contribution is -2.48. The van der Waals surface area contributed by atoms with Gasteiger partial charge in [0.05, 0.1) is 24.5 Å². The number of carbonyl (C=O) groups excluding carboxylic acids is 2. The van der Waals surface area contributed by atoms with Gasteiger partial charge in [0, 0.05) is 23.4 Å². The van der Waals surface area contributed by atoms with Crippen molar-refractivity contribution in [2.75, 3.05) is 25.1 Å². The van der Waals surface area contributed by atoms with Crippen LogP contribution in [0.1, 0.15) is 30.6 Å². The minimum Gasteiger partial charge on any atom is -0.380 e. The molecule has 1 heterocycles. The molecule has 1 saturated heterocycles. The molecular weight excluding hydrogens is 292 g/mol. The SMILES string of the molecule is CCC(=O)Nc1cc(Cl)ccc1C(=O)NCC1(C)COC1. The van der Waals surface area contributed by atoms with E-state index in [0.717, 1.165) is 0 Å². The van der Waals surface area contributed by atoms with E-state index in [0.29, 0.717) is 42.5 Å². The highest BCUT2D eigenvalue weighted by Gasteiger charge is 2.33. The number of halogens is 1. The third-order valence-electron chi connectivity index (χ3n) is 3.40. The number of carbonyl (C=O) groups is 2. The molecule has 0 atom stereocenters. The Balaban J connectivity index is 2.09. The maximum Gasteiger partial charge on any atom is 0.253 e. The van der Waals surface area contributed by atoms with Crippen molar-refractivity contribution in [3.8, 4) is 0 Å². The molecule has 1 aliphatic rings.